The van der Waals surface area contributed by atoms with Gasteiger partial charge in [-0.3, -0.25) is 9.52 Å². The molecule has 0 aliphatic heterocycles. The Morgan fingerprint density at radius 1 is 1.20 bits per heavy atom. The minimum atomic E-state index is -3.50. The first-order chi connectivity index (χ1) is 14.1. The molecule has 0 aliphatic rings. The molecule has 3 rings (SSSR count). The van der Waals surface area contributed by atoms with Crippen LogP contribution in [0, 0.1) is 12.7 Å². The number of nitrogens with one attached hydrogen (secondary N) is 2. The fraction of sp³-hybridized carbons (Fsp3) is 0.158. The lowest BCUT2D eigenvalue weighted by Crippen LogP contribution is -2.12. The lowest BCUT2D eigenvalue weighted by atomic mass is 10.1. The molecule has 2 N–H and O–H groups in total. The summed E-state index contributed by atoms with van der Waals surface area (Å²) >= 11 is 7.26. The minimum Gasteiger partial charge on any atom is -0.494 e. The van der Waals surface area contributed by atoms with Gasteiger partial charge in [0.1, 0.15) is 17.3 Å². The molecule has 0 atom stereocenters. The summed E-state index contributed by atoms with van der Waals surface area (Å²) < 4.78 is 43.8. The predicted molar refractivity (Wildman–Crippen MR) is 117 cm³/mol. The van der Waals surface area contributed by atoms with Crippen LogP contribution >= 0.6 is 22.9 Å². The van der Waals surface area contributed by atoms with E-state index < -0.39 is 21.7 Å². The average molecular weight is 470 g/mol. The van der Waals surface area contributed by atoms with E-state index in [2.05, 4.69) is 15.0 Å². The molecule has 30 heavy (non-hydrogen) atoms. The van der Waals surface area contributed by atoms with Crippen molar-refractivity contribution in [2.75, 3.05) is 23.4 Å². The fourth-order valence-electron chi connectivity index (χ4n) is 2.74. The van der Waals surface area contributed by atoms with E-state index in [9.17, 15) is 17.6 Å². The van der Waals surface area contributed by atoms with Crippen molar-refractivity contribution < 1.29 is 22.3 Å². The summed E-state index contributed by atoms with van der Waals surface area (Å²) in [4.78, 5) is 18.0. The number of carbonyl (C=O) groups is 1. The number of pyridine rings is 1. The average Bonchev–Trinajstić information content (AvgIpc) is 3.01. The van der Waals surface area contributed by atoms with Gasteiger partial charge in [-0.2, -0.15) is 0 Å². The summed E-state index contributed by atoms with van der Waals surface area (Å²) in [7, 11) is -2.09. The Kier molecular flexibility index (Phi) is 6.30. The van der Waals surface area contributed by atoms with Crippen LogP contribution in [-0.4, -0.2) is 32.7 Å². The van der Waals surface area contributed by atoms with Gasteiger partial charge in [0.2, 0.25) is 10.0 Å². The van der Waals surface area contributed by atoms with E-state index in [1.165, 1.54) is 42.7 Å². The molecule has 0 unspecified atom stereocenters. The normalized spacial score (nSPS) is 11.2. The first-order valence-corrected chi connectivity index (χ1v) is 11.5. The van der Waals surface area contributed by atoms with E-state index in [1.807, 2.05) is 6.92 Å². The van der Waals surface area contributed by atoms with Gasteiger partial charge in [0.15, 0.2) is 0 Å². The molecule has 0 spiro atoms. The zero-order valence-electron chi connectivity index (χ0n) is 16.1. The maximum atomic E-state index is 13.4. The second-order valence-electron chi connectivity index (χ2n) is 6.34. The molecular formula is C19H17ClFN3O4S2. The van der Waals surface area contributed by atoms with Gasteiger partial charge in [-0.1, -0.05) is 11.6 Å². The Labute approximate surface area is 181 Å². The zero-order chi connectivity index (χ0) is 22.1. The first kappa shape index (κ1) is 22.0. The summed E-state index contributed by atoms with van der Waals surface area (Å²) in [5.41, 5.74) is 1.62. The van der Waals surface area contributed by atoms with Crippen molar-refractivity contribution in [1.29, 1.82) is 0 Å². The van der Waals surface area contributed by atoms with E-state index in [4.69, 9.17) is 16.3 Å². The number of ether oxygens (including phenoxy) is 1. The number of aryl methyl sites for hydroxylation is 1. The van der Waals surface area contributed by atoms with Crippen LogP contribution in [0.15, 0.2) is 36.5 Å². The van der Waals surface area contributed by atoms with Crippen LogP contribution in [0.4, 0.5) is 15.8 Å². The van der Waals surface area contributed by atoms with Gasteiger partial charge in [-0.05, 0) is 31.2 Å². The Bertz CT molecular complexity index is 1230. The number of hydrogen-bond acceptors (Lipinski definition) is 6. The predicted octanol–water partition coefficient (Wildman–Crippen LogP) is 4.54. The third kappa shape index (κ3) is 5.26. The van der Waals surface area contributed by atoms with E-state index in [0.717, 1.165) is 17.3 Å². The number of methoxy groups -OCH3 is 1. The van der Waals surface area contributed by atoms with Gasteiger partial charge in [0.05, 0.1) is 30.1 Å². The largest absolute Gasteiger partial charge is 0.494 e. The molecule has 158 valence electrons. The van der Waals surface area contributed by atoms with Gasteiger partial charge in [-0.15, -0.1) is 11.3 Å². The number of carbonyl (C=O) groups excluding carboxylic acids is 1. The van der Waals surface area contributed by atoms with Crippen LogP contribution in [-0.2, 0) is 10.0 Å². The highest BCUT2D eigenvalue weighted by atomic mass is 35.5. The number of thiophene rings is 1. The zero-order valence-corrected chi connectivity index (χ0v) is 18.5. The fourth-order valence-corrected chi connectivity index (χ4v) is 4.43. The molecule has 1 amide bonds. The number of amides is 1. The topological polar surface area (TPSA) is 97.4 Å². The third-order valence-corrected chi connectivity index (χ3v) is 5.77. The summed E-state index contributed by atoms with van der Waals surface area (Å²) in [5.74, 6) is -0.682. The minimum absolute atomic E-state index is 0.226. The molecular weight excluding hydrogens is 453 g/mol. The van der Waals surface area contributed by atoms with Crippen LogP contribution < -0.4 is 14.8 Å². The first-order valence-electron chi connectivity index (χ1n) is 8.46. The second-order valence-corrected chi connectivity index (χ2v) is 9.78. The maximum Gasteiger partial charge on any atom is 0.265 e. The number of sulfonamides is 1. The van der Waals surface area contributed by atoms with Crippen molar-refractivity contribution >= 4 is 50.2 Å². The number of benzene rings is 1. The smallest absolute Gasteiger partial charge is 0.265 e. The molecule has 1 aromatic carbocycles. The highest BCUT2D eigenvalue weighted by molar-refractivity contribution is 7.92. The lowest BCUT2D eigenvalue weighted by molar-refractivity contribution is 0.103. The van der Waals surface area contributed by atoms with Crippen LogP contribution in [0.2, 0.25) is 5.02 Å². The maximum absolute atomic E-state index is 13.4. The molecule has 0 aliphatic carbocycles. The van der Waals surface area contributed by atoms with E-state index in [1.54, 1.807) is 6.07 Å². The Morgan fingerprint density at radius 3 is 2.57 bits per heavy atom. The summed E-state index contributed by atoms with van der Waals surface area (Å²) in [6, 6.07) is 7.24. The van der Waals surface area contributed by atoms with Gasteiger partial charge in [-0.25, -0.2) is 17.8 Å². The quantitative estimate of drug-likeness (QED) is 0.552. The molecule has 7 nitrogen and oxygen atoms in total. The number of anilines is 2. The molecule has 0 saturated heterocycles. The van der Waals surface area contributed by atoms with Crippen molar-refractivity contribution in [3.05, 3.63) is 57.1 Å². The van der Waals surface area contributed by atoms with Crippen LogP contribution in [0.1, 0.15) is 14.5 Å². The molecule has 2 heterocycles. The monoisotopic (exact) mass is 469 g/mol. The highest BCUT2D eigenvalue weighted by Gasteiger charge is 2.18. The van der Waals surface area contributed by atoms with E-state index in [-0.39, 0.29) is 16.5 Å². The van der Waals surface area contributed by atoms with E-state index >= 15 is 0 Å². The van der Waals surface area contributed by atoms with Crippen molar-refractivity contribution in [2.45, 2.75) is 6.92 Å². The number of aromatic nitrogens is 1. The molecule has 0 radical (unpaired) electrons. The SMILES string of the molecule is COc1cc(F)cnc1-c1cc(C(=O)Nc2cc(Cl)cc(NS(C)(=O)=O)c2)sc1C. The standard InChI is InChI=1S/C19H17ClFN3O4S2/c1-10-15(18-16(28-2)6-12(21)9-22-18)8-17(29-10)19(25)23-13-4-11(20)5-14(7-13)24-30(3,26)27/h4-9,24H,1-3H3,(H,23,25). The summed E-state index contributed by atoms with van der Waals surface area (Å²) in [6.45, 7) is 1.81. The molecule has 11 heteroatoms. The van der Waals surface area contributed by atoms with Crippen molar-refractivity contribution in [1.82, 2.24) is 4.98 Å². The van der Waals surface area contributed by atoms with Gasteiger partial charge < -0.3 is 10.1 Å². The second kappa shape index (κ2) is 8.58. The number of hydrogen-bond donors (Lipinski definition) is 2. The van der Waals surface area contributed by atoms with Crippen LogP contribution in [0.25, 0.3) is 11.3 Å². The van der Waals surface area contributed by atoms with E-state index in [0.29, 0.717) is 21.8 Å². The third-order valence-electron chi connectivity index (χ3n) is 3.89. The lowest BCUT2D eigenvalue weighted by Gasteiger charge is -2.09. The molecule has 2 aromatic heterocycles. The Balaban J connectivity index is 1.88. The van der Waals surface area contributed by atoms with Gasteiger partial charge >= 0.3 is 0 Å². The Morgan fingerprint density at radius 2 is 1.90 bits per heavy atom. The van der Waals surface area contributed by atoms with Crippen LogP contribution in [0.5, 0.6) is 5.75 Å². The Hall–Kier alpha value is -2.69. The van der Waals surface area contributed by atoms with Gasteiger partial charge in [0, 0.05) is 27.2 Å². The molecule has 0 bridgehead atoms. The van der Waals surface area contributed by atoms with Crippen LogP contribution in [0.3, 0.4) is 0 Å². The molecule has 3 aromatic rings. The highest BCUT2D eigenvalue weighted by Crippen LogP contribution is 2.36. The van der Waals surface area contributed by atoms with Crippen molar-refractivity contribution in [3.8, 4) is 17.0 Å². The molecule has 0 saturated carbocycles. The van der Waals surface area contributed by atoms with Crippen molar-refractivity contribution in [3.63, 3.8) is 0 Å². The summed E-state index contributed by atoms with van der Waals surface area (Å²) in [6.07, 6.45) is 2.09. The molecule has 0 fully saturated rings. The van der Waals surface area contributed by atoms with Gasteiger partial charge in [0.25, 0.3) is 5.91 Å². The van der Waals surface area contributed by atoms with Crippen molar-refractivity contribution in [2.24, 2.45) is 0 Å². The number of halogens is 2. The summed E-state index contributed by atoms with van der Waals surface area (Å²) in [5, 5.41) is 2.95. The number of nitrogens with zero attached hydrogens (tertiary/aromatic N) is 1. The number of rotatable bonds is 6.